The third-order valence-electron chi connectivity index (χ3n) is 7.48. The van der Waals surface area contributed by atoms with Crippen LogP contribution >= 0.6 is 0 Å². The summed E-state index contributed by atoms with van der Waals surface area (Å²) in [5.74, 6) is -0.976. The number of anilines is 2. The van der Waals surface area contributed by atoms with Gasteiger partial charge in [-0.15, -0.1) is 0 Å². The van der Waals surface area contributed by atoms with Crippen molar-refractivity contribution >= 4 is 34.9 Å². The topological polar surface area (TPSA) is 94.1 Å². The van der Waals surface area contributed by atoms with Gasteiger partial charge in [-0.3, -0.25) is 14.5 Å². The highest BCUT2D eigenvalue weighted by atomic mass is 19.1. The molecule has 0 radical (unpaired) electrons. The SMILES string of the molecule is Cc1cccc(NC(=O)NC2N=C(c3ccccc3F)c3ccccc3N(CC(=O)N3CC4C=CC3C4)C2=O)c1. The number of hydrogen-bond acceptors (Lipinski definition) is 4. The van der Waals surface area contributed by atoms with E-state index in [2.05, 4.69) is 21.7 Å². The molecule has 6 rings (SSSR count). The number of urea groups is 1. The Morgan fingerprint density at radius 2 is 1.77 bits per heavy atom. The molecular weight excluding hydrogens is 509 g/mol. The zero-order chi connectivity index (χ0) is 27.8. The molecular formula is C31H28FN5O3. The summed E-state index contributed by atoms with van der Waals surface area (Å²) in [6.45, 7) is 2.28. The van der Waals surface area contributed by atoms with E-state index in [-0.39, 0.29) is 29.8 Å². The van der Waals surface area contributed by atoms with Crippen molar-refractivity contribution in [3.05, 3.63) is 107 Å². The normalized spacial score (nSPS) is 21.1. The van der Waals surface area contributed by atoms with Gasteiger partial charge in [0.25, 0.3) is 5.91 Å². The number of fused-ring (bicyclic) bond motifs is 3. The Balaban J connectivity index is 1.37. The molecule has 0 aromatic heterocycles. The molecule has 4 amide bonds. The van der Waals surface area contributed by atoms with Crippen LogP contribution in [-0.2, 0) is 9.59 Å². The molecule has 0 spiro atoms. The lowest BCUT2D eigenvalue weighted by Gasteiger charge is -2.29. The monoisotopic (exact) mass is 537 g/mol. The number of para-hydroxylation sites is 1. The van der Waals surface area contributed by atoms with Gasteiger partial charge in [-0.1, -0.05) is 54.6 Å². The third-order valence-corrected chi connectivity index (χ3v) is 7.48. The van der Waals surface area contributed by atoms with Gasteiger partial charge in [-0.2, -0.15) is 0 Å². The minimum absolute atomic E-state index is 0.0223. The lowest BCUT2D eigenvalue weighted by Crippen LogP contribution is -2.52. The first kappa shape index (κ1) is 25.5. The summed E-state index contributed by atoms with van der Waals surface area (Å²) in [6.07, 6.45) is 3.64. The predicted octanol–water partition coefficient (Wildman–Crippen LogP) is 4.25. The molecule has 0 saturated carbocycles. The molecule has 1 aliphatic carbocycles. The molecule has 40 heavy (non-hydrogen) atoms. The van der Waals surface area contributed by atoms with Gasteiger partial charge in [0.15, 0.2) is 0 Å². The van der Waals surface area contributed by atoms with Crippen LogP contribution in [0.3, 0.4) is 0 Å². The number of hydrogen-bond donors (Lipinski definition) is 2. The number of rotatable bonds is 5. The van der Waals surface area contributed by atoms with Crippen molar-refractivity contribution in [2.24, 2.45) is 10.9 Å². The van der Waals surface area contributed by atoms with Crippen molar-refractivity contribution < 1.29 is 18.8 Å². The van der Waals surface area contributed by atoms with Gasteiger partial charge in [0.05, 0.1) is 17.4 Å². The Morgan fingerprint density at radius 3 is 2.50 bits per heavy atom. The largest absolute Gasteiger partial charge is 0.334 e. The third kappa shape index (κ3) is 4.86. The Kier molecular flexibility index (Phi) is 6.63. The Bertz CT molecular complexity index is 1570. The smallest absolute Gasteiger partial charge is 0.321 e. The molecule has 2 aliphatic heterocycles. The zero-order valence-corrected chi connectivity index (χ0v) is 21.9. The molecule has 3 aliphatic rings. The van der Waals surface area contributed by atoms with E-state index in [9.17, 15) is 14.4 Å². The van der Waals surface area contributed by atoms with Crippen LogP contribution in [0.25, 0.3) is 0 Å². The number of nitrogens with zero attached hydrogens (tertiary/aromatic N) is 3. The number of benzodiazepines with no additional fused rings is 1. The van der Waals surface area contributed by atoms with E-state index in [4.69, 9.17) is 0 Å². The summed E-state index contributed by atoms with van der Waals surface area (Å²) in [4.78, 5) is 48.3. The standard InChI is InChI=1S/C31H28FN5O3/c1-19-7-6-8-21(15-19)33-31(40)35-29-30(39)37(18-27(38)36-17-20-13-14-22(36)16-20)26-12-5-3-10-24(26)28(34-29)23-9-2-4-11-25(23)32/h2-15,20,22,29H,16-18H2,1H3,(H2,33,35,40). The van der Waals surface area contributed by atoms with E-state index in [0.717, 1.165) is 12.0 Å². The van der Waals surface area contributed by atoms with Gasteiger partial charge in [0.2, 0.25) is 12.1 Å². The second-order valence-electron chi connectivity index (χ2n) is 10.3. The van der Waals surface area contributed by atoms with Crippen molar-refractivity contribution in [1.82, 2.24) is 10.2 Å². The van der Waals surface area contributed by atoms with Crippen LogP contribution in [0, 0.1) is 18.7 Å². The second-order valence-corrected chi connectivity index (χ2v) is 10.3. The molecule has 1 fully saturated rings. The number of benzene rings is 3. The van der Waals surface area contributed by atoms with Crippen molar-refractivity contribution in [3.8, 4) is 0 Å². The number of likely N-dealkylation sites (tertiary alicyclic amines) is 1. The number of carbonyl (C=O) groups is 3. The van der Waals surface area contributed by atoms with Crippen LogP contribution in [0.1, 0.15) is 23.1 Å². The van der Waals surface area contributed by atoms with Gasteiger partial charge in [-0.05, 0) is 55.2 Å². The fourth-order valence-electron chi connectivity index (χ4n) is 5.59. The number of nitrogens with one attached hydrogen (secondary N) is 2. The first-order chi connectivity index (χ1) is 19.4. The Hall–Kier alpha value is -4.79. The molecule has 9 heteroatoms. The number of aryl methyl sites for hydroxylation is 1. The summed E-state index contributed by atoms with van der Waals surface area (Å²) < 4.78 is 15.1. The fraction of sp³-hybridized carbons (Fsp3) is 0.226. The minimum atomic E-state index is -1.41. The average Bonchev–Trinajstić information content (AvgIpc) is 3.56. The van der Waals surface area contributed by atoms with Crippen molar-refractivity contribution in [1.29, 1.82) is 0 Å². The number of amides is 4. The van der Waals surface area contributed by atoms with Crippen molar-refractivity contribution in [2.45, 2.75) is 25.6 Å². The highest BCUT2D eigenvalue weighted by molar-refractivity contribution is 6.21. The molecule has 3 unspecified atom stereocenters. The van der Waals surface area contributed by atoms with Crippen molar-refractivity contribution in [3.63, 3.8) is 0 Å². The molecule has 202 valence electrons. The Morgan fingerprint density at radius 1 is 1.00 bits per heavy atom. The summed E-state index contributed by atoms with van der Waals surface area (Å²) in [5, 5.41) is 5.37. The maximum Gasteiger partial charge on any atom is 0.321 e. The highest BCUT2D eigenvalue weighted by Crippen LogP contribution is 2.33. The maximum atomic E-state index is 15.1. The van der Waals surface area contributed by atoms with Crippen LogP contribution in [0.5, 0.6) is 0 Å². The van der Waals surface area contributed by atoms with Crippen LogP contribution in [0.15, 0.2) is 89.9 Å². The minimum Gasteiger partial charge on any atom is -0.334 e. The van der Waals surface area contributed by atoms with E-state index >= 15 is 4.39 Å². The molecule has 3 aromatic carbocycles. The number of aliphatic imine (C=N–C) groups is 1. The predicted molar refractivity (Wildman–Crippen MR) is 151 cm³/mol. The van der Waals surface area contributed by atoms with E-state index < -0.39 is 23.9 Å². The van der Waals surface area contributed by atoms with E-state index in [1.54, 1.807) is 65.6 Å². The molecule has 3 aromatic rings. The quantitative estimate of drug-likeness (QED) is 0.477. The summed E-state index contributed by atoms with van der Waals surface area (Å²) in [5.41, 5.74) is 2.80. The first-order valence-corrected chi connectivity index (χ1v) is 13.2. The van der Waals surface area contributed by atoms with Gasteiger partial charge in [0, 0.05) is 23.4 Å². The van der Waals surface area contributed by atoms with Crippen molar-refractivity contribution in [2.75, 3.05) is 23.3 Å². The highest BCUT2D eigenvalue weighted by Gasteiger charge is 2.40. The second kappa shape index (κ2) is 10.4. The van der Waals surface area contributed by atoms with Gasteiger partial charge >= 0.3 is 6.03 Å². The lowest BCUT2D eigenvalue weighted by molar-refractivity contribution is -0.131. The van der Waals surface area contributed by atoms with E-state index in [1.807, 2.05) is 19.1 Å². The number of halogens is 1. The summed E-state index contributed by atoms with van der Waals surface area (Å²) >= 11 is 0. The van der Waals surface area contributed by atoms with Gasteiger partial charge in [-0.25, -0.2) is 14.2 Å². The molecule has 8 nitrogen and oxygen atoms in total. The Labute approximate surface area is 231 Å². The molecule has 2 heterocycles. The summed E-state index contributed by atoms with van der Waals surface area (Å²) in [7, 11) is 0. The fourth-order valence-corrected chi connectivity index (χ4v) is 5.59. The van der Waals surface area contributed by atoms with Crippen LogP contribution in [0.2, 0.25) is 0 Å². The average molecular weight is 538 g/mol. The van der Waals surface area contributed by atoms with Crippen LogP contribution in [-0.4, -0.2) is 53.8 Å². The van der Waals surface area contributed by atoms with Gasteiger partial charge < -0.3 is 15.5 Å². The molecule has 3 atom stereocenters. The first-order valence-electron chi connectivity index (χ1n) is 13.2. The summed E-state index contributed by atoms with van der Waals surface area (Å²) in [6, 6.07) is 19.7. The van der Waals surface area contributed by atoms with E-state index in [0.29, 0.717) is 29.4 Å². The van der Waals surface area contributed by atoms with Crippen LogP contribution in [0.4, 0.5) is 20.6 Å². The van der Waals surface area contributed by atoms with Gasteiger partial charge in [0.1, 0.15) is 12.4 Å². The van der Waals surface area contributed by atoms with Crippen LogP contribution < -0.4 is 15.5 Å². The molecule has 2 bridgehead atoms. The molecule has 1 saturated heterocycles. The number of carbonyl (C=O) groups excluding carboxylic acids is 3. The maximum absolute atomic E-state index is 15.1. The molecule has 2 N–H and O–H groups in total. The lowest BCUT2D eigenvalue weighted by atomic mass is 9.99. The zero-order valence-electron chi connectivity index (χ0n) is 21.9. The van der Waals surface area contributed by atoms with E-state index in [1.165, 1.54) is 11.0 Å².